The standard InChI is InChI=1S/C16H19NO3S/c1-4-21-14-7-5-6-12(15(14)16(18)19)17-11(3)13-9-8-10(2)20-13/h5-9,11,17H,4H2,1-3H3,(H,18,19). The number of nitrogens with one attached hydrogen (secondary N) is 1. The number of carboxylic acids is 1. The van der Waals surface area contributed by atoms with Crippen molar-refractivity contribution in [3.63, 3.8) is 0 Å². The van der Waals surface area contributed by atoms with Gasteiger partial charge in [-0.3, -0.25) is 0 Å². The number of hydrogen-bond acceptors (Lipinski definition) is 4. The molecule has 4 nitrogen and oxygen atoms in total. The molecule has 0 amide bonds. The molecule has 0 radical (unpaired) electrons. The van der Waals surface area contributed by atoms with E-state index in [9.17, 15) is 9.90 Å². The number of thioether (sulfide) groups is 1. The zero-order valence-electron chi connectivity index (χ0n) is 12.3. The first-order chi connectivity index (χ1) is 10.0. The fourth-order valence-electron chi connectivity index (χ4n) is 2.14. The largest absolute Gasteiger partial charge is 0.478 e. The lowest BCUT2D eigenvalue weighted by molar-refractivity contribution is 0.0694. The van der Waals surface area contributed by atoms with E-state index in [1.54, 1.807) is 6.07 Å². The molecule has 0 aliphatic carbocycles. The zero-order valence-corrected chi connectivity index (χ0v) is 13.2. The van der Waals surface area contributed by atoms with Crippen LogP contribution in [0.25, 0.3) is 0 Å². The van der Waals surface area contributed by atoms with Crippen LogP contribution in [0.5, 0.6) is 0 Å². The van der Waals surface area contributed by atoms with Crippen molar-refractivity contribution in [2.45, 2.75) is 31.7 Å². The topological polar surface area (TPSA) is 62.5 Å². The van der Waals surface area contributed by atoms with Gasteiger partial charge in [0.25, 0.3) is 0 Å². The Hall–Kier alpha value is -1.88. The summed E-state index contributed by atoms with van der Waals surface area (Å²) >= 11 is 1.53. The molecule has 1 aromatic heterocycles. The summed E-state index contributed by atoms with van der Waals surface area (Å²) in [5.74, 6) is 1.54. The summed E-state index contributed by atoms with van der Waals surface area (Å²) in [4.78, 5) is 12.3. The lowest BCUT2D eigenvalue weighted by Crippen LogP contribution is -2.11. The highest BCUT2D eigenvalue weighted by molar-refractivity contribution is 7.99. The van der Waals surface area contributed by atoms with E-state index in [-0.39, 0.29) is 6.04 Å². The summed E-state index contributed by atoms with van der Waals surface area (Å²) in [6.07, 6.45) is 0. The molecular formula is C16H19NO3S. The first-order valence-corrected chi connectivity index (χ1v) is 7.83. The molecule has 2 N–H and O–H groups in total. The number of anilines is 1. The fraction of sp³-hybridized carbons (Fsp3) is 0.312. The highest BCUT2D eigenvalue weighted by atomic mass is 32.2. The van der Waals surface area contributed by atoms with Gasteiger partial charge in [-0.2, -0.15) is 0 Å². The number of carbonyl (C=O) groups is 1. The number of aromatic carboxylic acids is 1. The number of furan rings is 1. The normalized spacial score (nSPS) is 12.1. The van der Waals surface area contributed by atoms with Gasteiger partial charge < -0.3 is 14.8 Å². The molecule has 1 unspecified atom stereocenters. The Labute approximate surface area is 128 Å². The van der Waals surface area contributed by atoms with E-state index in [0.29, 0.717) is 11.3 Å². The van der Waals surface area contributed by atoms with Crippen LogP contribution in [0.15, 0.2) is 39.6 Å². The van der Waals surface area contributed by atoms with Gasteiger partial charge in [0.05, 0.1) is 17.3 Å². The molecule has 0 spiro atoms. The van der Waals surface area contributed by atoms with E-state index in [2.05, 4.69) is 5.32 Å². The number of hydrogen-bond donors (Lipinski definition) is 2. The molecular weight excluding hydrogens is 286 g/mol. The Kier molecular flexibility index (Phi) is 4.96. The van der Waals surface area contributed by atoms with Gasteiger partial charge in [-0.25, -0.2) is 4.79 Å². The summed E-state index contributed by atoms with van der Waals surface area (Å²) in [6, 6.07) is 9.19. The maximum Gasteiger partial charge on any atom is 0.338 e. The molecule has 5 heteroatoms. The van der Waals surface area contributed by atoms with Crippen LogP contribution < -0.4 is 5.32 Å². The maximum absolute atomic E-state index is 11.6. The van der Waals surface area contributed by atoms with Crippen molar-refractivity contribution >= 4 is 23.4 Å². The molecule has 0 bridgehead atoms. The van der Waals surface area contributed by atoms with Crippen LogP contribution in [0, 0.1) is 6.92 Å². The average molecular weight is 305 g/mol. The van der Waals surface area contributed by atoms with E-state index in [1.807, 2.05) is 45.0 Å². The van der Waals surface area contributed by atoms with Crippen LogP contribution in [-0.2, 0) is 0 Å². The smallest absolute Gasteiger partial charge is 0.338 e. The molecule has 0 fully saturated rings. The van der Waals surface area contributed by atoms with E-state index in [1.165, 1.54) is 11.8 Å². The third-order valence-electron chi connectivity index (χ3n) is 3.10. The lowest BCUT2D eigenvalue weighted by Gasteiger charge is -2.17. The van der Waals surface area contributed by atoms with Crippen molar-refractivity contribution in [1.29, 1.82) is 0 Å². The minimum absolute atomic E-state index is 0.0984. The molecule has 112 valence electrons. The van der Waals surface area contributed by atoms with Crippen LogP contribution in [0.2, 0.25) is 0 Å². The molecule has 0 aliphatic heterocycles. The van der Waals surface area contributed by atoms with Crippen molar-refractivity contribution in [1.82, 2.24) is 0 Å². The number of aryl methyl sites for hydroxylation is 1. The van der Waals surface area contributed by atoms with Crippen molar-refractivity contribution in [3.05, 3.63) is 47.4 Å². The van der Waals surface area contributed by atoms with Crippen LogP contribution >= 0.6 is 11.8 Å². The van der Waals surface area contributed by atoms with Gasteiger partial charge >= 0.3 is 5.97 Å². The van der Waals surface area contributed by atoms with Crippen molar-refractivity contribution < 1.29 is 14.3 Å². The Morgan fingerprint density at radius 1 is 1.38 bits per heavy atom. The van der Waals surface area contributed by atoms with Gasteiger partial charge in [-0.05, 0) is 43.9 Å². The third kappa shape index (κ3) is 3.61. The molecule has 2 aromatic rings. The van der Waals surface area contributed by atoms with E-state index >= 15 is 0 Å². The predicted octanol–water partition coefficient (Wildman–Crippen LogP) is 4.57. The third-order valence-corrected chi connectivity index (χ3v) is 4.04. The van der Waals surface area contributed by atoms with Crippen molar-refractivity contribution in [2.24, 2.45) is 0 Å². The second-order valence-electron chi connectivity index (χ2n) is 4.73. The molecule has 0 aliphatic rings. The molecule has 0 saturated carbocycles. The Morgan fingerprint density at radius 2 is 2.14 bits per heavy atom. The first kappa shape index (κ1) is 15.5. The number of rotatable bonds is 6. The fourth-order valence-corrected chi connectivity index (χ4v) is 2.97. The first-order valence-electron chi connectivity index (χ1n) is 6.85. The number of carboxylic acid groups (broad SMARTS) is 1. The van der Waals surface area contributed by atoms with E-state index in [0.717, 1.165) is 22.2 Å². The summed E-state index contributed by atoms with van der Waals surface area (Å²) in [7, 11) is 0. The summed E-state index contributed by atoms with van der Waals surface area (Å²) in [5.41, 5.74) is 0.932. The zero-order chi connectivity index (χ0) is 15.4. The second-order valence-corrected chi connectivity index (χ2v) is 6.04. The molecule has 1 atom stereocenters. The predicted molar refractivity (Wildman–Crippen MR) is 85.3 cm³/mol. The minimum atomic E-state index is -0.920. The molecule has 21 heavy (non-hydrogen) atoms. The van der Waals surface area contributed by atoms with Gasteiger partial charge in [-0.15, -0.1) is 11.8 Å². The van der Waals surface area contributed by atoms with E-state index < -0.39 is 5.97 Å². The monoisotopic (exact) mass is 305 g/mol. The molecule has 0 saturated heterocycles. The lowest BCUT2D eigenvalue weighted by atomic mass is 10.1. The highest BCUT2D eigenvalue weighted by Gasteiger charge is 2.18. The van der Waals surface area contributed by atoms with E-state index in [4.69, 9.17) is 4.42 Å². The minimum Gasteiger partial charge on any atom is -0.478 e. The van der Waals surface area contributed by atoms with Crippen LogP contribution in [0.4, 0.5) is 5.69 Å². The van der Waals surface area contributed by atoms with Crippen LogP contribution in [-0.4, -0.2) is 16.8 Å². The Bertz CT molecular complexity index is 636. The average Bonchev–Trinajstić information content (AvgIpc) is 2.86. The summed E-state index contributed by atoms with van der Waals surface area (Å²) in [6.45, 7) is 5.84. The molecule has 1 aromatic carbocycles. The van der Waals surface area contributed by atoms with Gasteiger partial charge in [0.15, 0.2) is 0 Å². The van der Waals surface area contributed by atoms with Crippen molar-refractivity contribution in [3.8, 4) is 0 Å². The Morgan fingerprint density at radius 3 is 2.71 bits per heavy atom. The second kappa shape index (κ2) is 6.72. The van der Waals surface area contributed by atoms with Crippen molar-refractivity contribution in [2.75, 3.05) is 11.1 Å². The number of benzene rings is 1. The van der Waals surface area contributed by atoms with Crippen LogP contribution in [0.3, 0.4) is 0 Å². The summed E-state index contributed by atoms with van der Waals surface area (Å²) < 4.78 is 5.58. The molecule has 1 heterocycles. The van der Waals surface area contributed by atoms with Crippen LogP contribution in [0.1, 0.15) is 41.8 Å². The maximum atomic E-state index is 11.6. The SMILES string of the molecule is CCSc1cccc(NC(C)c2ccc(C)o2)c1C(=O)O. The van der Waals surface area contributed by atoms with Gasteiger partial charge in [0, 0.05) is 4.90 Å². The van der Waals surface area contributed by atoms with Gasteiger partial charge in [0.1, 0.15) is 11.5 Å². The Balaban J connectivity index is 2.30. The quantitative estimate of drug-likeness (QED) is 0.765. The highest BCUT2D eigenvalue weighted by Crippen LogP contribution is 2.31. The van der Waals surface area contributed by atoms with Gasteiger partial charge in [0.2, 0.25) is 0 Å². The molecule has 2 rings (SSSR count). The van der Waals surface area contributed by atoms with Gasteiger partial charge in [-0.1, -0.05) is 13.0 Å². The summed E-state index contributed by atoms with van der Waals surface area (Å²) in [5, 5.41) is 12.7.